The van der Waals surface area contributed by atoms with Crippen LogP contribution < -0.4 is 4.18 Å². The average Bonchev–Trinajstić information content (AvgIpc) is 3.08. The lowest BCUT2D eigenvalue weighted by Crippen LogP contribution is -2.27. The zero-order valence-electron chi connectivity index (χ0n) is 19.2. The highest BCUT2D eigenvalue weighted by Gasteiger charge is 2.35. The Morgan fingerprint density at radius 1 is 1.00 bits per heavy atom. The molecule has 0 bridgehead atoms. The van der Waals surface area contributed by atoms with E-state index in [1.54, 1.807) is 6.08 Å². The van der Waals surface area contributed by atoms with Crippen LogP contribution >= 0.6 is 11.8 Å². The normalized spacial score (nSPS) is 14.9. The van der Waals surface area contributed by atoms with Crippen molar-refractivity contribution < 1.29 is 27.1 Å². The molecule has 4 rings (SSSR count). The number of benzene rings is 3. The molecule has 0 spiro atoms. The second-order valence-corrected chi connectivity index (χ2v) is 10.6. The Morgan fingerprint density at radius 2 is 1.67 bits per heavy atom. The summed E-state index contributed by atoms with van der Waals surface area (Å²) in [6.45, 7) is 3.63. The molecule has 0 atom stereocenters. The second kappa shape index (κ2) is 9.96. The lowest BCUT2D eigenvalue weighted by atomic mass is 10.1. The number of carbonyl (C=O) groups is 2. The van der Waals surface area contributed by atoms with E-state index in [0.717, 1.165) is 29.0 Å². The Kier molecular flexibility index (Phi) is 6.95. The molecule has 0 N–H and O–H groups in total. The number of amides is 2. The fourth-order valence-electron chi connectivity index (χ4n) is 3.40. The van der Waals surface area contributed by atoms with Gasteiger partial charge in [-0.1, -0.05) is 48.0 Å². The molecule has 3 aromatic rings. The van der Waals surface area contributed by atoms with E-state index >= 15 is 0 Å². The van der Waals surface area contributed by atoms with E-state index in [2.05, 4.69) is 0 Å². The summed E-state index contributed by atoms with van der Waals surface area (Å²) >= 11 is 0.832. The molecule has 1 heterocycles. The van der Waals surface area contributed by atoms with Crippen molar-refractivity contribution >= 4 is 44.8 Å². The Labute approximate surface area is 211 Å². The van der Waals surface area contributed by atoms with Crippen LogP contribution in [0, 0.1) is 24.0 Å². The van der Waals surface area contributed by atoms with Crippen LogP contribution in [-0.2, 0) is 21.5 Å². The molecule has 0 aromatic heterocycles. The molecule has 0 unspecified atom stereocenters. The van der Waals surface area contributed by atoms with Crippen molar-refractivity contribution in [1.82, 2.24) is 4.90 Å². The maximum absolute atomic E-state index is 12.8. The summed E-state index contributed by atoms with van der Waals surface area (Å²) < 4.78 is 30.3. The zero-order chi connectivity index (χ0) is 26.0. The Hall–Kier alpha value is -3.96. The number of nitrogens with zero attached hydrogens (tertiary/aromatic N) is 2. The highest BCUT2D eigenvalue weighted by atomic mass is 32.2. The van der Waals surface area contributed by atoms with Crippen molar-refractivity contribution in [3.05, 3.63) is 104 Å². The minimum Gasteiger partial charge on any atom is -0.379 e. The lowest BCUT2D eigenvalue weighted by Gasteiger charge is -2.12. The molecule has 1 aliphatic heterocycles. The smallest absolute Gasteiger partial charge is 0.339 e. The van der Waals surface area contributed by atoms with E-state index in [1.165, 1.54) is 48.2 Å². The molecule has 9 nitrogen and oxygen atoms in total. The number of nitro benzene ring substituents is 1. The molecule has 0 aliphatic carbocycles. The third-order valence-electron chi connectivity index (χ3n) is 5.38. The SMILES string of the molecule is Cc1ccc(CN2C(=O)S/C(=C\c3ccc(OS(=O)(=O)c4ccc(C)c([N+](=O)[O-])c4)cc3)C2=O)cc1. The van der Waals surface area contributed by atoms with Gasteiger partial charge >= 0.3 is 10.1 Å². The minimum atomic E-state index is -4.31. The van der Waals surface area contributed by atoms with Crippen molar-refractivity contribution in [2.75, 3.05) is 0 Å². The summed E-state index contributed by atoms with van der Waals surface area (Å²) in [6.07, 6.45) is 1.54. The van der Waals surface area contributed by atoms with Gasteiger partial charge in [0, 0.05) is 11.6 Å². The molecule has 2 amide bonds. The fraction of sp³-hybridized carbons (Fsp3) is 0.120. The maximum Gasteiger partial charge on any atom is 0.339 e. The van der Waals surface area contributed by atoms with Crippen LogP contribution in [-0.4, -0.2) is 29.4 Å². The van der Waals surface area contributed by atoms with Gasteiger partial charge in [0.25, 0.3) is 16.8 Å². The van der Waals surface area contributed by atoms with Crippen molar-refractivity contribution in [3.63, 3.8) is 0 Å². The lowest BCUT2D eigenvalue weighted by molar-refractivity contribution is -0.385. The van der Waals surface area contributed by atoms with Crippen LogP contribution in [0.25, 0.3) is 6.08 Å². The quantitative estimate of drug-likeness (QED) is 0.178. The summed E-state index contributed by atoms with van der Waals surface area (Å²) in [4.78, 5) is 36.7. The summed E-state index contributed by atoms with van der Waals surface area (Å²) in [5.74, 6) is -0.419. The predicted octanol–water partition coefficient (Wildman–Crippen LogP) is 5.22. The first-order valence-corrected chi connectivity index (χ1v) is 12.9. The van der Waals surface area contributed by atoms with E-state index < -0.39 is 20.9 Å². The summed E-state index contributed by atoms with van der Waals surface area (Å²) in [6, 6.07) is 16.9. The van der Waals surface area contributed by atoms with E-state index in [-0.39, 0.29) is 33.0 Å². The monoisotopic (exact) mass is 524 g/mol. The molecule has 1 saturated heterocycles. The first-order chi connectivity index (χ1) is 17.0. The molecule has 184 valence electrons. The van der Waals surface area contributed by atoms with Gasteiger partial charge in [-0.25, -0.2) is 0 Å². The standard InChI is InChI=1S/C25H20N2O7S2/c1-16-3-6-19(7-4-16)15-26-24(28)23(35-25(26)29)13-18-8-10-20(11-9-18)34-36(32,33)21-12-5-17(2)22(14-21)27(30)31/h3-14H,15H2,1-2H3/b23-13-. The van der Waals surface area contributed by atoms with Gasteiger partial charge in [-0.2, -0.15) is 8.42 Å². The molecular formula is C25H20N2O7S2. The van der Waals surface area contributed by atoms with Crippen molar-refractivity contribution in [1.29, 1.82) is 0 Å². The maximum atomic E-state index is 12.8. The number of imide groups is 1. The molecule has 0 saturated carbocycles. The number of hydrogen-bond donors (Lipinski definition) is 0. The van der Waals surface area contributed by atoms with Crippen molar-refractivity contribution in [2.24, 2.45) is 0 Å². The van der Waals surface area contributed by atoms with Gasteiger partial charge in [0.2, 0.25) is 0 Å². The number of carbonyl (C=O) groups excluding carboxylic acids is 2. The summed E-state index contributed by atoms with van der Waals surface area (Å²) in [5, 5.41) is 10.8. The second-order valence-electron chi connectivity index (χ2n) is 8.07. The summed E-state index contributed by atoms with van der Waals surface area (Å²) in [7, 11) is -4.31. The van der Waals surface area contributed by atoms with Crippen LogP contribution in [0.1, 0.15) is 22.3 Å². The van der Waals surface area contributed by atoms with E-state index in [9.17, 15) is 28.1 Å². The van der Waals surface area contributed by atoms with Crippen LogP contribution in [0.5, 0.6) is 5.75 Å². The van der Waals surface area contributed by atoms with Gasteiger partial charge in [0.15, 0.2) is 0 Å². The van der Waals surface area contributed by atoms with Gasteiger partial charge in [-0.05, 0) is 61.0 Å². The Balaban J connectivity index is 1.48. The van der Waals surface area contributed by atoms with Crippen molar-refractivity contribution in [2.45, 2.75) is 25.3 Å². The highest BCUT2D eigenvalue weighted by molar-refractivity contribution is 8.18. The molecular weight excluding hydrogens is 504 g/mol. The molecule has 0 radical (unpaired) electrons. The average molecular weight is 525 g/mol. The van der Waals surface area contributed by atoms with Crippen molar-refractivity contribution in [3.8, 4) is 5.75 Å². The van der Waals surface area contributed by atoms with Crippen LogP contribution in [0.4, 0.5) is 10.5 Å². The third kappa shape index (κ3) is 5.47. The first-order valence-electron chi connectivity index (χ1n) is 10.6. The number of nitro groups is 1. The Morgan fingerprint density at radius 3 is 2.31 bits per heavy atom. The molecule has 1 aliphatic rings. The van der Waals surface area contributed by atoms with Gasteiger partial charge in [-0.3, -0.25) is 24.6 Å². The van der Waals surface area contributed by atoms with Gasteiger partial charge < -0.3 is 4.18 Å². The molecule has 3 aromatic carbocycles. The molecule has 1 fully saturated rings. The van der Waals surface area contributed by atoms with Gasteiger partial charge in [0.05, 0.1) is 16.4 Å². The Bertz CT molecular complexity index is 1500. The van der Waals surface area contributed by atoms with Crippen LogP contribution in [0.3, 0.4) is 0 Å². The van der Waals surface area contributed by atoms with Crippen LogP contribution in [0.2, 0.25) is 0 Å². The van der Waals surface area contributed by atoms with E-state index in [1.807, 2.05) is 31.2 Å². The molecule has 36 heavy (non-hydrogen) atoms. The van der Waals surface area contributed by atoms with E-state index in [4.69, 9.17) is 4.18 Å². The number of thioether (sulfide) groups is 1. The topological polar surface area (TPSA) is 124 Å². The third-order valence-corrected chi connectivity index (χ3v) is 7.54. The highest BCUT2D eigenvalue weighted by Crippen LogP contribution is 2.34. The minimum absolute atomic E-state index is 0.0112. The van der Waals surface area contributed by atoms with Crippen LogP contribution in [0.15, 0.2) is 76.5 Å². The molecule has 11 heteroatoms. The fourth-order valence-corrected chi connectivity index (χ4v) is 5.19. The summed E-state index contributed by atoms with van der Waals surface area (Å²) in [5.41, 5.74) is 2.48. The number of aryl methyl sites for hydroxylation is 2. The number of hydrogen-bond acceptors (Lipinski definition) is 8. The largest absolute Gasteiger partial charge is 0.379 e. The predicted molar refractivity (Wildman–Crippen MR) is 135 cm³/mol. The van der Waals surface area contributed by atoms with E-state index in [0.29, 0.717) is 11.1 Å². The zero-order valence-corrected chi connectivity index (χ0v) is 20.8. The van der Waals surface area contributed by atoms with Gasteiger partial charge in [-0.15, -0.1) is 0 Å². The number of rotatable bonds is 7. The van der Waals surface area contributed by atoms with Gasteiger partial charge in [0.1, 0.15) is 10.6 Å². The first kappa shape index (κ1) is 25.1.